The molecular formula is C55H37NO. The third kappa shape index (κ3) is 5.26. The molecule has 0 saturated heterocycles. The summed E-state index contributed by atoms with van der Waals surface area (Å²) in [6.45, 7) is 0. The number of hydrogen-bond acceptors (Lipinski definition) is 2. The van der Waals surface area contributed by atoms with Gasteiger partial charge in [-0.2, -0.15) is 0 Å². The van der Waals surface area contributed by atoms with Crippen molar-refractivity contribution in [2.45, 2.75) is 5.41 Å². The summed E-state index contributed by atoms with van der Waals surface area (Å²) < 4.78 is 6.71. The summed E-state index contributed by atoms with van der Waals surface area (Å²) in [5.74, 6) is 1.77. The van der Waals surface area contributed by atoms with Gasteiger partial charge in [-0.05, 0) is 98.6 Å². The molecule has 1 spiro atoms. The molecule has 2 aliphatic rings. The van der Waals surface area contributed by atoms with Gasteiger partial charge in [-0.3, -0.25) is 0 Å². The molecule has 0 aromatic heterocycles. The number of fused-ring (bicyclic) bond motifs is 9. The predicted molar refractivity (Wildman–Crippen MR) is 235 cm³/mol. The maximum absolute atomic E-state index is 6.71. The van der Waals surface area contributed by atoms with E-state index in [1.165, 1.54) is 50.1 Å². The third-order valence-electron chi connectivity index (χ3n) is 11.7. The quantitative estimate of drug-likeness (QED) is 0.169. The first-order valence-electron chi connectivity index (χ1n) is 19.6. The number of nitrogens with zero attached hydrogens (tertiary/aromatic N) is 1. The maximum atomic E-state index is 6.71. The zero-order valence-corrected chi connectivity index (χ0v) is 31.2. The third-order valence-corrected chi connectivity index (χ3v) is 11.7. The lowest BCUT2D eigenvalue weighted by Gasteiger charge is -2.39. The van der Waals surface area contributed by atoms with Gasteiger partial charge in [0.15, 0.2) is 0 Å². The Bertz CT molecular complexity index is 2890. The lowest BCUT2D eigenvalue weighted by Crippen LogP contribution is -2.32. The second-order valence-electron chi connectivity index (χ2n) is 14.8. The lowest BCUT2D eigenvalue weighted by atomic mass is 9.66. The molecule has 1 heterocycles. The van der Waals surface area contributed by atoms with Gasteiger partial charge in [-0.1, -0.05) is 176 Å². The normalized spacial score (nSPS) is 12.8. The largest absolute Gasteiger partial charge is 0.457 e. The van der Waals surface area contributed by atoms with Crippen molar-refractivity contribution in [1.82, 2.24) is 0 Å². The van der Waals surface area contributed by atoms with E-state index >= 15 is 0 Å². The molecule has 0 atom stereocenters. The predicted octanol–water partition coefficient (Wildman–Crippen LogP) is 14.6. The molecule has 2 heteroatoms. The second-order valence-corrected chi connectivity index (χ2v) is 14.8. The van der Waals surface area contributed by atoms with Crippen LogP contribution in [0.25, 0.3) is 44.5 Å². The number of anilines is 3. The Morgan fingerprint density at radius 2 is 0.842 bits per heavy atom. The summed E-state index contributed by atoms with van der Waals surface area (Å²) in [7, 11) is 0. The minimum Gasteiger partial charge on any atom is -0.457 e. The summed E-state index contributed by atoms with van der Waals surface area (Å²) in [6.07, 6.45) is 0. The Morgan fingerprint density at radius 3 is 1.53 bits per heavy atom. The molecule has 0 fully saturated rings. The zero-order chi connectivity index (χ0) is 37.8. The van der Waals surface area contributed by atoms with Gasteiger partial charge in [0.2, 0.25) is 0 Å². The van der Waals surface area contributed by atoms with E-state index in [4.69, 9.17) is 4.74 Å². The molecule has 9 aromatic rings. The highest BCUT2D eigenvalue weighted by atomic mass is 16.5. The molecule has 2 nitrogen and oxygen atoms in total. The van der Waals surface area contributed by atoms with Crippen molar-refractivity contribution < 1.29 is 4.74 Å². The molecular weight excluding hydrogens is 691 g/mol. The minimum absolute atomic E-state index is 0.613. The number of hydrogen-bond donors (Lipinski definition) is 0. The molecule has 57 heavy (non-hydrogen) atoms. The highest BCUT2D eigenvalue weighted by molar-refractivity contribution is 5.95. The van der Waals surface area contributed by atoms with E-state index in [9.17, 15) is 0 Å². The molecule has 11 rings (SSSR count). The highest BCUT2D eigenvalue weighted by Gasteiger charge is 2.51. The molecule has 0 saturated carbocycles. The van der Waals surface area contributed by atoms with Crippen molar-refractivity contribution in [2.75, 3.05) is 4.90 Å². The van der Waals surface area contributed by atoms with E-state index in [-0.39, 0.29) is 0 Å². The van der Waals surface area contributed by atoms with Gasteiger partial charge < -0.3 is 9.64 Å². The molecule has 0 bridgehead atoms. The molecule has 1 aliphatic heterocycles. The van der Waals surface area contributed by atoms with Crippen LogP contribution in [0.15, 0.2) is 224 Å². The van der Waals surface area contributed by atoms with E-state index in [1.807, 2.05) is 0 Å². The summed E-state index contributed by atoms with van der Waals surface area (Å²) in [5, 5.41) is 0. The van der Waals surface area contributed by atoms with Crippen molar-refractivity contribution in [3.05, 3.63) is 247 Å². The van der Waals surface area contributed by atoms with E-state index in [0.29, 0.717) is 0 Å². The van der Waals surface area contributed by atoms with E-state index < -0.39 is 5.41 Å². The van der Waals surface area contributed by atoms with Crippen LogP contribution >= 0.6 is 0 Å². The van der Waals surface area contributed by atoms with Gasteiger partial charge in [-0.25, -0.2) is 0 Å². The van der Waals surface area contributed by atoms with Crippen LogP contribution in [0.2, 0.25) is 0 Å². The van der Waals surface area contributed by atoms with Crippen LogP contribution in [-0.2, 0) is 5.41 Å². The molecule has 0 radical (unpaired) electrons. The Balaban J connectivity index is 1.21. The number of rotatable bonds is 6. The van der Waals surface area contributed by atoms with Gasteiger partial charge in [0.1, 0.15) is 11.5 Å². The fraction of sp³-hybridized carbons (Fsp3) is 0.0182. The van der Waals surface area contributed by atoms with Gasteiger partial charge >= 0.3 is 0 Å². The van der Waals surface area contributed by atoms with Crippen molar-refractivity contribution in [3.8, 4) is 56.0 Å². The molecule has 1 aliphatic carbocycles. The van der Waals surface area contributed by atoms with E-state index in [0.717, 1.165) is 45.3 Å². The first kappa shape index (κ1) is 33.0. The fourth-order valence-electron chi connectivity index (χ4n) is 9.25. The first-order chi connectivity index (χ1) is 28.3. The fourth-order valence-corrected chi connectivity index (χ4v) is 9.25. The van der Waals surface area contributed by atoms with Crippen LogP contribution < -0.4 is 9.64 Å². The Hall–Kier alpha value is -7.42. The number of para-hydroxylation sites is 3. The highest BCUT2D eigenvalue weighted by Crippen LogP contribution is 2.63. The van der Waals surface area contributed by atoms with Crippen LogP contribution in [0.5, 0.6) is 11.5 Å². The Morgan fingerprint density at radius 1 is 0.298 bits per heavy atom. The molecule has 9 aromatic carbocycles. The smallest absolute Gasteiger partial charge is 0.132 e. The van der Waals surface area contributed by atoms with Gasteiger partial charge in [0, 0.05) is 28.1 Å². The van der Waals surface area contributed by atoms with E-state index in [2.05, 4.69) is 229 Å². The van der Waals surface area contributed by atoms with Crippen LogP contribution in [0.1, 0.15) is 22.3 Å². The summed E-state index contributed by atoms with van der Waals surface area (Å²) in [5.41, 5.74) is 17.0. The monoisotopic (exact) mass is 727 g/mol. The lowest BCUT2D eigenvalue weighted by molar-refractivity contribution is 0.436. The van der Waals surface area contributed by atoms with Crippen LogP contribution in [0.3, 0.4) is 0 Å². The van der Waals surface area contributed by atoms with E-state index in [1.54, 1.807) is 0 Å². The second kappa shape index (κ2) is 13.4. The van der Waals surface area contributed by atoms with Crippen molar-refractivity contribution >= 4 is 17.1 Å². The number of benzene rings is 9. The summed E-state index contributed by atoms with van der Waals surface area (Å²) in [4.78, 5) is 2.44. The average Bonchev–Trinajstić information content (AvgIpc) is 3.57. The van der Waals surface area contributed by atoms with Crippen molar-refractivity contribution in [2.24, 2.45) is 0 Å². The van der Waals surface area contributed by atoms with Crippen LogP contribution in [-0.4, -0.2) is 0 Å². The maximum Gasteiger partial charge on any atom is 0.132 e. The average molecular weight is 728 g/mol. The first-order valence-corrected chi connectivity index (χ1v) is 19.6. The standard InChI is InChI=1S/C55H37NO/c1-4-17-38(18-5-1)41-23-16-24-43(35-41)56(52-28-13-10-25-45(52)40-21-8-3-9-22-40)44-32-33-46-47-36-42(39-19-6-2-7-20-39)31-34-48(47)55(51(46)37-44)49-26-11-14-29-53(49)57-54-30-15-12-27-50(54)55/h1-37H. The Labute approximate surface area is 333 Å². The Kier molecular flexibility index (Phi) is 7.75. The van der Waals surface area contributed by atoms with Crippen molar-refractivity contribution in [3.63, 3.8) is 0 Å². The zero-order valence-electron chi connectivity index (χ0n) is 31.2. The van der Waals surface area contributed by atoms with Crippen LogP contribution in [0, 0.1) is 0 Å². The summed E-state index contributed by atoms with van der Waals surface area (Å²) >= 11 is 0. The van der Waals surface area contributed by atoms with Gasteiger partial charge in [-0.15, -0.1) is 0 Å². The van der Waals surface area contributed by atoms with Gasteiger partial charge in [0.05, 0.1) is 11.1 Å². The van der Waals surface area contributed by atoms with Crippen molar-refractivity contribution in [1.29, 1.82) is 0 Å². The summed E-state index contributed by atoms with van der Waals surface area (Å²) in [6, 6.07) is 81.1. The van der Waals surface area contributed by atoms with Crippen LogP contribution in [0.4, 0.5) is 17.1 Å². The topological polar surface area (TPSA) is 12.5 Å². The SMILES string of the molecule is c1ccc(-c2cccc(N(c3ccc4c(c3)C3(c5ccccc5Oc5ccccc53)c3ccc(-c5ccccc5)cc3-4)c3ccccc3-c3ccccc3)c2)cc1. The van der Waals surface area contributed by atoms with Gasteiger partial charge in [0.25, 0.3) is 0 Å². The molecule has 0 amide bonds. The molecule has 268 valence electrons. The molecule has 0 unspecified atom stereocenters. The molecule has 0 N–H and O–H groups in total. The minimum atomic E-state index is -0.613. The number of ether oxygens (including phenoxy) is 1.